The molecular weight excluding hydrogens is 454 g/mol. The third kappa shape index (κ3) is 4.84. The van der Waals surface area contributed by atoms with E-state index in [2.05, 4.69) is 14.8 Å². The number of hydrogen-bond acceptors (Lipinski definition) is 6. The summed E-state index contributed by atoms with van der Waals surface area (Å²) >= 11 is 0. The number of ether oxygens (including phenoxy) is 1. The number of amides is 1. The van der Waals surface area contributed by atoms with Crippen LogP contribution in [-0.4, -0.2) is 77.9 Å². The summed E-state index contributed by atoms with van der Waals surface area (Å²) in [7, 11) is 0. The van der Waals surface area contributed by atoms with Crippen molar-refractivity contribution in [2.75, 3.05) is 50.8 Å². The van der Waals surface area contributed by atoms with Gasteiger partial charge in [0, 0.05) is 56.3 Å². The minimum absolute atomic E-state index is 0.206. The van der Waals surface area contributed by atoms with E-state index in [0.29, 0.717) is 35.2 Å². The minimum atomic E-state index is -0.481. The number of carbonyl (C=O) groups excluding carboxylic acids is 1. The molecule has 3 aliphatic rings. The van der Waals surface area contributed by atoms with Gasteiger partial charge in [-0.2, -0.15) is 0 Å². The molecule has 0 radical (unpaired) electrons. The molecule has 0 bridgehead atoms. The first-order chi connectivity index (χ1) is 16.9. The largest absolute Gasteiger partial charge is 0.450 e. The quantitative estimate of drug-likeness (QED) is 0.696. The molecule has 0 unspecified atom stereocenters. The Hall–Kier alpha value is -2.78. The molecule has 9 heteroatoms. The van der Waals surface area contributed by atoms with Crippen LogP contribution in [0.4, 0.5) is 19.4 Å². The molecule has 1 aromatic carbocycles. The molecule has 7 nitrogen and oxygen atoms in total. The number of halogens is 2. The molecule has 3 fully saturated rings. The van der Waals surface area contributed by atoms with Gasteiger partial charge in [-0.3, -0.25) is 4.90 Å². The van der Waals surface area contributed by atoms with Gasteiger partial charge in [0.05, 0.1) is 19.4 Å². The van der Waals surface area contributed by atoms with Crippen molar-refractivity contribution in [1.82, 2.24) is 14.8 Å². The zero-order valence-corrected chi connectivity index (χ0v) is 20.1. The number of aromatic nitrogens is 1. The summed E-state index contributed by atoms with van der Waals surface area (Å²) in [5, 5.41) is 9.47. The van der Waals surface area contributed by atoms with Crippen LogP contribution in [0.2, 0.25) is 0 Å². The summed E-state index contributed by atoms with van der Waals surface area (Å²) in [4.78, 5) is 22.8. The fraction of sp³-hybridized carbons (Fsp3) is 0.538. The molecule has 3 heterocycles. The Labute approximate surface area is 204 Å². The van der Waals surface area contributed by atoms with Crippen LogP contribution in [0.15, 0.2) is 30.5 Å². The number of aliphatic hydroxyl groups is 1. The van der Waals surface area contributed by atoms with Crippen LogP contribution < -0.4 is 4.90 Å². The predicted molar refractivity (Wildman–Crippen MR) is 128 cm³/mol. The number of benzene rings is 1. The van der Waals surface area contributed by atoms with Gasteiger partial charge in [0.1, 0.15) is 17.5 Å². The Bertz CT molecular complexity index is 1080. The molecule has 1 saturated carbocycles. The molecule has 1 N–H and O–H groups in total. The first kappa shape index (κ1) is 23.9. The average molecular weight is 487 g/mol. The number of piperazine rings is 1. The molecule has 35 heavy (non-hydrogen) atoms. The van der Waals surface area contributed by atoms with E-state index in [1.165, 1.54) is 24.4 Å². The lowest BCUT2D eigenvalue weighted by Crippen LogP contribution is -2.58. The van der Waals surface area contributed by atoms with Crippen LogP contribution in [0, 0.1) is 17.0 Å². The molecule has 1 aromatic heterocycles. The summed E-state index contributed by atoms with van der Waals surface area (Å²) in [5.74, 6) is -0.322. The number of rotatable bonds is 5. The van der Waals surface area contributed by atoms with Crippen molar-refractivity contribution in [2.24, 2.45) is 5.41 Å². The zero-order valence-electron chi connectivity index (χ0n) is 20.1. The first-order valence-electron chi connectivity index (χ1n) is 12.4. The van der Waals surface area contributed by atoms with Crippen LogP contribution in [0.25, 0.3) is 11.1 Å². The Morgan fingerprint density at radius 3 is 2.63 bits per heavy atom. The third-order valence-corrected chi connectivity index (χ3v) is 7.67. The lowest BCUT2D eigenvalue weighted by atomic mass is 9.78. The van der Waals surface area contributed by atoms with Crippen molar-refractivity contribution in [3.63, 3.8) is 0 Å². The van der Waals surface area contributed by atoms with E-state index in [1.54, 1.807) is 11.0 Å². The van der Waals surface area contributed by atoms with Crippen molar-refractivity contribution >= 4 is 11.9 Å². The van der Waals surface area contributed by atoms with Gasteiger partial charge in [-0.05, 0) is 61.6 Å². The number of hydrogen-bond donors (Lipinski definition) is 1. The van der Waals surface area contributed by atoms with Gasteiger partial charge in [-0.15, -0.1) is 0 Å². The van der Waals surface area contributed by atoms with Crippen molar-refractivity contribution in [3.8, 4) is 11.1 Å². The highest BCUT2D eigenvalue weighted by Gasteiger charge is 2.51. The van der Waals surface area contributed by atoms with E-state index >= 15 is 0 Å². The van der Waals surface area contributed by atoms with Crippen LogP contribution >= 0.6 is 0 Å². The second-order valence-corrected chi connectivity index (χ2v) is 10.0. The van der Waals surface area contributed by atoms with Crippen LogP contribution in [-0.2, 0) is 11.3 Å². The van der Waals surface area contributed by atoms with Crippen LogP contribution in [0.1, 0.15) is 31.7 Å². The van der Waals surface area contributed by atoms with E-state index < -0.39 is 11.6 Å². The number of likely N-dealkylation sites (tertiary alicyclic amines) is 1. The van der Waals surface area contributed by atoms with E-state index in [0.717, 1.165) is 58.5 Å². The number of anilines is 1. The van der Waals surface area contributed by atoms with Gasteiger partial charge in [0.15, 0.2) is 0 Å². The maximum atomic E-state index is 14.1. The maximum absolute atomic E-state index is 14.1. The highest BCUT2D eigenvalue weighted by atomic mass is 19.1. The highest BCUT2D eigenvalue weighted by molar-refractivity contribution is 5.76. The van der Waals surface area contributed by atoms with Gasteiger partial charge in [-0.1, -0.05) is 0 Å². The molecule has 2 saturated heterocycles. The second-order valence-electron chi connectivity index (χ2n) is 10.0. The molecular formula is C26H32F2N4O3. The highest BCUT2D eigenvalue weighted by Crippen LogP contribution is 2.47. The standard InChI is InChI=1S/C26H32F2N4O3/c1-2-35-25(34)32-16-26(17-32)4-3-22(13-26)30-5-7-31(8-6-30)24-23(12-21(28)14-29-24)19-9-18(15-33)10-20(27)11-19/h9-12,14,22,33H,2-8,13,15-17H2,1H3/t22-/m1/s1. The van der Waals surface area contributed by atoms with Crippen molar-refractivity contribution in [2.45, 2.75) is 38.8 Å². The fourth-order valence-electron chi connectivity index (χ4n) is 5.98. The SMILES string of the molecule is CCOC(=O)N1CC2(CC[C@@H](N3CCN(c4ncc(F)cc4-c4cc(F)cc(CO)c4)CC3)C2)C1. The summed E-state index contributed by atoms with van der Waals surface area (Å²) in [5.41, 5.74) is 1.70. The lowest BCUT2D eigenvalue weighted by Gasteiger charge is -2.48. The van der Waals surface area contributed by atoms with Crippen molar-refractivity contribution < 1.29 is 23.4 Å². The average Bonchev–Trinajstić information content (AvgIpc) is 3.29. The third-order valence-electron chi connectivity index (χ3n) is 7.67. The normalized spacial score (nSPS) is 21.9. The van der Waals surface area contributed by atoms with Crippen molar-refractivity contribution in [1.29, 1.82) is 0 Å². The van der Waals surface area contributed by atoms with Gasteiger partial charge >= 0.3 is 6.09 Å². The molecule has 1 spiro atoms. The van der Waals surface area contributed by atoms with Crippen LogP contribution in [0.5, 0.6) is 0 Å². The van der Waals surface area contributed by atoms with E-state index in [4.69, 9.17) is 4.74 Å². The molecule has 1 aliphatic carbocycles. The molecule has 5 rings (SSSR count). The fourth-order valence-corrected chi connectivity index (χ4v) is 5.98. The summed E-state index contributed by atoms with van der Waals surface area (Å²) in [6.07, 6.45) is 4.34. The second kappa shape index (κ2) is 9.70. The maximum Gasteiger partial charge on any atom is 0.409 e. The molecule has 1 amide bonds. The summed E-state index contributed by atoms with van der Waals surface area (Å²) < 4.78 is 33.4. The van der Waals surface area contributed by atoms with E-state index in [-0.39, 0.29) is 18.1 Å². The Morgan fingerprint density at radius 2 is 1.91 bits per heavy atom. The number of aliphatic hydroxyl groups excluding tert-OH is 1. The van der Waals surface area contributed by atoms with Crippen LogP contribution in [0.3, 0.4) is 0 Å². The molecule has 2 aliphatic heterocycles. The number of nitrogens with zero attached hydrogens (tertiary/aromatic N) is 4. The number of pyridine rings is 1. The summed E-state index contributed by atoms with van der Waals surface area (Å²) in [6.45, 7) is 6.73. The van der Waals surface area contributed by atoms with Crippen molar-refractivity contribution in [3.05, 3.63) is 47.7 Å². The minimum Gasteiger partial charge on any atom is -0.450 e. The number of carbonyl (C=O) groups is 1. The molecule has 1 atom stereocenters. The van der Waals surface area contributed by atoms with E-state index in [1.807, 2.05) is 6.92 Å². The van der Waals surface area contributed by atoms with Gasteiger partial charge in [0.2, 0.25) is 0 Å². The molecule has 188 valence electrons. The van der Waals surface area contributed by atoms with Gasteiger partial charge < -0.3 is 19.6 Å². The Morgan fingerprint density at radius 1 is 1.14 bits per heavy atom. The van der Waals surface area contributed by atoms with E-state index in [9.17, 15) is 18.7 Å². The van der Waals surface area contributed by atoms with Gasteiger partial charge in [-0.25, -0.2) is 18.6 Å². The monoisotopic (exact) mass is 486 g/mol. The lowest BCUT2D eigenvalue weighted by molar-refractivity contribution is -0.00294. The van der Waals surface area contributed by atoms with Gasteiger partial charge in [0.25, 0.3) is 0 Å². The smallest absolute Gasteiger partial charge is 0.409 e. The topological polar surface area (TPSA) is 69.1 Å². The Balaban J connectivity index is 1.23. The zero-order chi connectivity index (χ0) is 24.6. The molecule has 2 aromatic rings. The first-order valence-corrected chi connectivity index (χ1v) is 12.4. The Kier molecular flexibility index (Phi) is 6.63. The summed E-state index contributed by atoms with van der Waals surface area (Å²) in [6, 6.07) is 6.19. The predicted octanol–water partition coefficient (Wildman–Crippen LogP) is 3.65.